The summed E-state index contributed by atoms with van der Waals surface area (Å²) in [6.07, 6.45) is 0.605. The summed E-state index contributed by atoms with van der Waals surface area (Å²) >= 11 is 12.1. The number of aromatic nitrogens is 2. The number of hydrogen-bond donors (Lipinski definition) is 2. The standard InChI is InChI=1S/C23H22Cl2FN3O3.ClH/c1-23(2,21(30)31)14-5-7-18(26)16(10-14)19-12-20(29-22(28-19)32-3)27-9-8-13-4-6-15(24)11-17(13)25;/h4-7,10-12H,8-9H2,1-3H3,(H,30,31)(H,27,28,29);1H. The van der Waals surface area contributed by atoms with E-state index in [0.29, 0.717) is 34.4 Å². The minimum Gasteiger partial charge on any atom is -0.481 e. The number of anilines is 1. The molecule has 0 spiro atoms. The molecular formula is C23H23Cl3FN3O3. The van der Waals surface area contributed by atoms with Crippen LogP contribution < -0.4 is 10.1 Å². The number of nitrogens with zero attached hydrogens (tertiary/aromatic N) is 2. The fourth-order valence-electron chi connectivity index (χ4n) is 3.03. The van der Waals surface area contributed by atoms with Gasteiger partial charge in [-0.25, -0.2) is 4.39 Å². The predicted molar refractivity (Wildman–Crippen MR) is 131 cm³/mol. The highest BCUT2D eigenvalue weighted by Gasteiger charge is 2.30. The quantitative estimate of drug-likeness (QED) is 0.381. The summed E-state index contributed by atoms with van der Waals surface area (Å²) in [6.45, 7) is 3.61. The molecule has 0 radical (unpaired) electrons. The second-order valence-electron chi connectivity index (χ2n) is 7.66. The van der Waals surface area contributed by atoms with Crippen LogP contribution >= 0.6 is 35.6 Å². The van der Waals surface area contributed by atoms with Gasteiger partial charge in [0.1, 0.15) is 11.6 Å². The van der Waals surface area contributed by atoms with Gasteiger partial charge in [-0.2, -0.15) is 9.97 Å². The Labute approximate surface area is 207 Å². The summed E-state index contributed by atoms with van der Waals surface area (Å²) in [5.74, 6) is -1.12. The first-order chi connectivity index (χ1) is 15.1. The molecule has 1 heterocycles. The van der Waals surface area contributed by atoms with E-state index in [9.17, 15) is 14.3 Å². The highest BCUT2D eigenvalue weighted by Crippen LogP contribution is 2.31. The molecule has 0 aliphatic heterocycles. The Hall–Kier alpha value is -2.61. The van der Waals surface area contributed by atoms with Crippen LogP contribution in [0.4, 0.5) is 10.2 Å². The summed E-state index contributed by atoms with van der Waals surface area (Å²) in [6, 6.07) is 11.1. The SMILES string of the molecule is COc1nc(NCCc2ccc(Cl)cc2Cl)cc(-c2cc(C(C)(C)C(=O)O)ccc2F)n1.Cl. The summed E-state index contributed by atoms with van der Waals surface area (Å²) in [4.78, 5) is 20.1. The monoisotopic (exact) mass is 513 g/mol. The zero-order chi connectivity index (χ0) is 23.5. The van der Waals surface area contributed by atoms with E-state index in [0.717, 1.165) is 5.56 Å². The van der Waals surface area contributed by atoms with Gasteiger partial charge in [0.05, 0.1) is 18.2 Å². The zero-order valence-electron chi connectivity index (χ0n) is 18.2. The zero-order valence-corrected chi connectivity index (χ0v) is 20.5. The van der Waals surface area contributed by atoms with E-state index >= 15 is 0 Å². The molecule has 0 atom stereocenters. The molecule has 2 aromatic carbocycles. The minimum absolute atomic E-state index is 0. The molecule has 0 aliphatic carbocycles. The molecule has 3 aromatic rings. The van der Waals surface area contributed by atoms with Crippen molar-refractivity contribution in [3.63, 3.8) is 0 Å². The third-order valence-electron chi connectivity index (χ3n) is 5.10. The van der Waals surface area contributed by atoms with Crippen LogP contribution in [-0.2, 0) is 16.6 Å². The van der Waals surface area contributed by atoms with Crippen molar-refractivity contribution in [1.29, 1.82) is 0 Å². The van der Waals surface area contributed by atoms with Crippen LogP contribution in [0.5, 0.6) is 6.01 Å². The van der Waals surface area contributed by atoms with Crippen LogP contribution in [-0.4, -0.2) is 34.7 Å². The van der Waals surface area contributed by atoms with E-state index in [4.69, 9.17) is 27.9 Å². The van der Waals surface area contributed by atoms with Gasteiger partial charge in [0.2, 0.25) is 0 Å². The van der Waals surface area contributed by atoms with Gasteiger partial charge in [-0.15, -0.1) is 12.4 Å². The molecule has 2 N–H and O–H groups in total. The Balaban J connectivity index is 0.00000385. The Kier molecular flexibility index (Phi) is 8.89. The summed E-state index contributed by atoms with van der Waals surface area (Å²) in [5.41, 5.74) is 0.592. The highest BCUT2D eigenvalue weighted by molar-refractivity contribution is 6.35. The average molecular weight is 515 g/mol. The van der Waals surface area contributed by atoms with Crippen LogP contribution in [0.2, 0.25) is 10.0 Å². The van der Waals surface area contributed by atoms with E-state index in [1.807, 2.05) is 6.07 Å². The molecule has 0 unspecified atom stereocenters. The van der Waals surface area contributed by atoms with Gasteiger partial charge < -0.3 is 15.2 Å². The van der Waals surface area contributed by atoms with Crippen LogP contribution in [0.1, 0.15) is 25.0 Å². The lowest BCUT2D eigenvalue weighted by molar-refractivity contribution is -0.142. The van der Waals surface area contributed by atoms with Crippen LogP contribution in [0.3, 0.4) is 0 Å². The van der Waals surface area contributed by atoms with E-state index in [1.165, 1.54) is 25.3 Å². The van der Waals surface area contributed by atoms with Gasteiger partial charge in [0.25, 0.3) is 0 Å². The lowest BCUT2D eigenvalue weighted by Gasteiger charge is -2.20. The van der Waals surface area contributed by atoms with Crippen molar-refractivity contribution in [3.05, 3.63) is 69.5 Å². The summed E-state index contributed by atoms with van der Waals surface area (Å²) in [5, 5.41) is 13.8. The van der Waals surface area contributed by atoms with Crippen molar-refractivity contribution in [2.45, 2.75) is 25.7 Å². The molecule has 6 nitrogen and oxygen atoms in total. The van der Waals surface area contributed by atoms with Gasteiger partial charge in [0, 0.05) is 28.2 Å². The molecule has 0 saturated heterocycles. The summed E-state index contributed by atoms with van der Waals surface area (Å²) in [7, 11) is 1.41. The second-order valence-corrected chi connectivity index (χ2v) is 8.51. The van der Waals surface area contributed by atoms with E-state index in [1.54, 1.807) is 32.0 Å². The highest BCUT2D eigenvalue weighted by atomic mass is 35.5. The van der Waals surface area contributed by atoms with Crippen molar-refractivity contribution < 1.29 is 19.0 Å². The molecule has 1 aromatic heterocycles. The minimum atomic E-state index is -1.20. The first kappa shape index (κ1) is 26.6. The molecule has 176 valence electrons. The summed E-state index contributed by atoms with van der Waals surface area (Å²) < 4.78 is 19.8. The Morgan fingerprint density at radius 3 is 2.52 bits per heavy atom. The van der Waals surface area contributed by atoms with Crippen molar-refractivity contribution in [2.75, 3.05) is 19.0 Å². The van der Waals surface area contributed by atoms with Crippen molar-refractivity contribution in [3.8, 4) is 17.3 Å². The fourth-order valence-corrected chi connectivity index (χ4v) is 3.53. The van der Waals surface area contributed by atoms with E-state index in [-0.39, 0.29) is 29.7 Å². The number of nitrogens with one attached hydrogen (secondary N) is 1. The molecule has 3 rings (SSSR count). The normalized spacial score (nSPS) is 11.0. The number of ether oxygens (including phenoxy) is 1. The number of halogens is 4. The number of rotatable bonds is 8. The maximum Gasteiger partial charge on any atom is 0.318 e. The number of hydrogen-bond acceptors (Lipinski definition) is 5. The molecule has 0 bridgehead atoms. The predicted octanol–water partition coefficient (Wildman–Crippen LogP) is 6.04. The lowest BCUT2D eigenvalue weighted by Crippen LogP contribution is -2.28. The van der Waals surface area contributed by atoms with Crippen molar-refractivity contribution in [2.24, 2.45) is 0 Å². The Morgan fingerprint density at radius 2 is 1.88 bits per heavy atom. The molecule has 10 heteroatoms. The lowest BCUT2D eigenvalue weighted by atomic mass is 9.83. The number of benzene rings is 2. The van der Waals surface area contributed by atoms with Crippen molar-refractivity contribution >= 4 is 47.4 Å². The first-order valence-electron chi connectivity index (χ1n) is 9.76. The van der Waals surface area contributed by atoms with Gasteiger partial charge in [-0.1, -0.05) is 35.3 Å². The third-order valence-corrected chi connectivity index (χ3v) is 5.69. The molecule has 0 saturated carbocycles. The second kappa shape index (κ2) is 11.0. The Morgan fingerprint density at radius 1 is 1.15 bits per heavy atom. The van der Waals surface area contributed by atoms with Gasteiger partial charge >= 0.3 is 12.0 Å². The topological polar surface area (TPSA) is 84.3 Å². The number of carboxylic acid groups (broad SMARTS) is 1. The molecule has 0 fully saturated rings. The van der Waals surface area contributed by atoms with Crippen molar-refractivity contribution in [1.82, 2.24) is 9.97 Å². The molecule has 33 heavy (non-hydrogen) atoms. The van der Waals surface area contributed by atoms with E-state index in [2.05, 4.69) is 15.3 Å². The number of carbonyl (C=O) groups is 1. The largest absolute Gasteiger partial charge is 0.481 e. The molecule has 0 amide bonds. The van der Waals surface area contributed by atoms with Gasteiger partial charge in [-0.05, 0) is 55.7 Å². The molecular weight excluding hydrogens is 492 g/mol. The Bertz CT molecular complexity index is 1160. The third kappa shape index (κ3) is 6.25. The maximum atomic E-state index is 14.7. The smallest absolute Gasteiger partial charge is 0.318 e. The van der Waals surface area contributed by atoms with Crippen LogP contribution in [0.15, 0.2) is 42.5 Å². The first-order valence-corrected chi connectivity index (χ1v) is 10.5. The maximum absolute atomic E-state index is 14.7. The molecule has 0 aliphatic rings. The number of aliphatic carboxylic acids is 1. The fraction of sp³-hybridized carbons (Fsp3) is 0.261. The van der Waals surface area contributed by atoms with Gasteiger partial charge in [-0.3, -0.25) is 4.79 Å². The van der Waals surface area contributed by atoms with Gasteiger partial charge in [0.15, 0.2) is 0 Å². The number of methoxy groups -OCH3 is 1. The number of carboxylic acids is 1. The van der Waals surface area contributed by atoms with Crippen LogP contribution in [0.25, 0.3) is 11.3 Å². The van der Waals surface area contributed by atoms with Crippen LogP contribution in [0, 0.1) is 5.82 Å². The average Bonchev–Trinajstić information content (AvgIpc) is 2.75. The van der Waals surface area contributed by atoms with E-state index < -0.39 is 17.2 Å².